The van der Waals surface area contributed by atoms with Gasteiger partial charge in [-0.3, -0.25) is 4.84 Å². The van der Waals surface area contributed by atoms with Gasteiger partial charge in [0.25, 0.3) is 0 Å². The molecule has 1 fully saturated rings. The molecule has 78 valence electrons. The number of nitrogens with zero attached hydrogens (tertiary/aromatic N) is 1. The highest BCUT2D eigenvalue weighted by Crippen LogP contribution is 2.09. The van der Waals surface area contributed by atoms with Crippen molar-refractivity contribution in [2.75, 3.05) is 25.6 Å². The molecule has 1 unspecified atom stereocenters. The summed E-state index contributed by atoms with van der Waals surface area (Å²) < 4.78 is 0. The van der Waals surface area contributed by atoms with Crippen LogP contribution in [0.1, 0.15) is 25.7 Å². The number of alkyl halides is 1. The normalized spacial score (nSPS) is 21.7. The van der Waals surface area contributed by atoms with Gasteiger partial charge in [-0.2, -0.15) is 5.06 Å². The van der Waals surface area contributed by atoms with E-state index in [2.05, 4.69) is 0 Å². The smallest absolute Gasteiger partial charge is 0.0700 e. The van der Waals surface area contributed by atoms with Gasteiger partial charge in [0.2, 0.25) is 0 Å². The minimum absolute atomic E-state index is 0.0754. The molecule has 0 saturated carbocycles. The molecule has 3 nitrogen and oxygen atoms in total. The number of nitrogens with two attached hydrogens (primary N) is 1. The van der Waals surface area contributed by atoms with Gasteiger partial charge in [0.05, 0.1) is 6.61 Å². The monoisotopic (exact) mass is 206 g/mol. The van der Waals surface area contributed by atoms with Crippen molar-refractivity contribution >= 4 is 11.6 Å². The third-order valence-corrected chi connectivity index (χ3v) is 2.67. The van der Waals surface area contributed by atoms with Crippen LogP contribution in [0, 0.1) is 0 Å². The summed E-state index contributed by atoms with van der Waals surface area (Å²) in [6.45, 7) is 2.83. The lowest BCUT2D eigenvalue weighted by Crippen LogP contribution is -2.32. The molecule has 4 heteroatoms. The average molecular weight is 207 g/mol. The standard InChI is InChI=1S/C9H19ClN2O/c10-8-9(11)4-7-13-12-5-2-1-3-6-12/h9H,1-8,11H2. The molecule has 2 N–H and O–H groups in total. The van der Waals surface area contributed by atoms with Crippen LogP contribution in [0.5, 0.6) is 0 Å². The number of hydrogen-bond acceptors (Lipinski definition) is 3. The highest BCUT2D eigenvalue weighted by Gasteiger charge is 2.10. The van der Waals surface area contributed by atoms with Crippen LogP contribution in [0.3, 0.4) is 0 Å². The lowest BCUT2D eigenvalue weighted by atomic mass is 10.2. The Bertz CT molecular complexity index is 129. The Hall–Kier alpha value is 0.170. The zero-order valence-electron chi connectivity index (χ0n) is 8.04. The van der Waals surface area contributed by atoms with E-state index in [1.165, 1.54) is 19.3 Å². The van der Waals surface area contributed by atoms with Crippen molar-refractivity contribution in [2.24, 2.45) is 5.73 Å². The van der Waals surface area contributed by atoms with Crippen LogP contribution in [0.4, 0.5) is 0 Å². The molecule has 1 aliphatic rings. The Kier molecular flexibility index (Phi) is 5.71. The van der Waals surface area contributed by atoms with E-state index in [9.17, 15) is 0 Å². The first-order valence-electron chi connectivity index (χ1n) is 5.02. The second-order valence-electron chi connectivity index (χ2n) is 3.53. The van der Waals surface area contributed by atoms with Crippen LogP contribution in [0.2, 0.25) is 0 Å². The first-order chi connectivity index (χ1) is 6.33. The molecule has 0 aromatic heterocycles. The Balaban J connectivity index is 1.98. The number of halogens is 1. The second kappa shape index (κ2) is 6.60. The largest absolute Gasteiger partial charge is 0.327 e. The summed E-state index contributed by atoms with van der Waals surface area (Å²) in [5, 5.41) is 2.05. The highest BCUT2D eigenvalue weighted by atomic mass is 35.5. The van der Waals surface area contributed by atoms with E-state index in [0.717, 1.165) is 19.5 Å². The molecule has 13 heavy (non-hydrogen) atoms. The minimum Gasteiger partial charge on any atom is -0.327 e. The van der Waals surface area contributed by atoms with E-state index in [0.29, 0.717) is 12.5 Å². The molecule has 0 amide bonds. The molecule has 1 rings (SSSR count). The molecule has 0 bridgehead atoms. The van der Waals surface area contributed by atoms with Crippen LogP contribution in [-0.2, 0) is 4.84 Å². The molecular weight excluding hydrogens is 188 g/mol. The first kappa shape index (κ1) is 11.2. The van der Waals surface area contributed by atoms with Crippen molar-refractivity contribution in [1.82, 2.24) is 5.06 Å². The molecular formula is C9H19ClN2O. The summed E-state index contributed by atoms with van der Waals surface area (Å²) in [5.41, 5.74) is 5.66. The summed E-state index contributed by atoms with van der Waals surface area (Å²) in [4.78, 5) is 5.55. The lowest BCUT2D eigenvalue weighted by Gasteiger charge is -2.25. The minimum atomic E-state index is 0.0754. The summed E-state index contributed by atoms with van der Waals surface area (Å²) >= 11 is 5.58. The molecule has 1 atom stereocenters. The van der Waals surface area contributed by atoms with Gasteiger partial charge < -0.3 is 5.73 Å². The molecule has 0 aliphatic carbocycles. The van der Waals surface area contributed by atoms with Gasteiger partial charge in [-0.25, -0.2) is 0 Å². The SMILES string of the molecule is NC(CCl)CCON1CCCCC1. The van der Waals surface area contributed by atoms with Crippen molar-refractivity contribution in [2.45, 2.75) is 31.7 Å². The molecule has 1 heterocycles. The zero-order chi connectivity index (χ0) is 9.52. The summed E-state index contributed by atoms with van der Waals surface area (Å²) in [6.07, 6.45) is 4.68. The van der Waals surface area contributed by atoms with Crippen LogP contribution in [-0.4, -0.2) is 36.7 Å². The molecule has 0 aromatic rings. The van der Waals surface area contributed by atoms with Gasteiger partial charge >= 0.3 is 0 Å². The van der Waals surface area contributed by atoms with E-state index >= 15 is 0 Å². The van der Waals surface area contributed by atoms with Gasteiger partial charge in [-0.15, -0.1) is 11.6 Å². The number of hydrogen-bond donors (Lipinski definition) is 1. The third kappa shape index (κ3) is 4.81. The van der Waals surface area contributed by atoms with Crippen LogP contribution in [0.15, 0.2) is 0 Å². The molecule has 0 radical (unpaired) electrons. The topological polar surface area (TPSA) is 38.5 Å². The van der Waals surface area contributed by atoms with Crippen LogP contribution >= 0.6 is 11.6 Å². The fourth-order valence-electron chi connectivity index (χ4n) is 1.40. The predicted molar refractivity (Wildman–Crippen MR) is 54.7 cm³/mol. The molecule has 0 aromatic carbocycles. The first-order valence-corrected chi connectivity index (χ1v) is 5.56. The van der Waals surface area contributed by atoms with Gasteiger partial charge in [-0.05, 0) is 19.3 Å². The maximum atomic E-state index is 5.66. The fourth-order valence-corrected chi connectivity index (χ4v) is 1.56. The second-order valence-corrected chi connectivity index (χ2v) is 3.83. The Morgan fingerprint density at radius 2 is 2.00 bits per heavy atom. The summed E-state index contributed by atoms with van der Waals surface area (Å²) in [6, 6.07) is 0.0754. The van der Waals surface area contributed by atoms with Crippen LogP contribution < -0.4 is 5.73 Å². The van der Waals surface area contributed by atoms with Crippen LogP contribution in [0.25, 0.3) is 0 Å². The molecule has 0 spiro atoms. The Morgan fingerprint density at radius 1 is 1.31 bits per heavy atom. The maximum absolute atomic E-state index is 5.66. The Morgan fingerprint density at radius 3 is 2.62 bits per heavy atom. The number of hydroxylamine groups is 2. The van der Waals surface area contributed by atoms with E-state index in [4.69, 9.17) is 22.2 Å². The van der Waals surface area contributed by atoms with Crippen molar-refractivity contribution in [3.63, 3.8) is 0 Å². The molecule has 1 aliphatic heterocycles. The van der Waals surface area contributed by atoms with E-state index in [1.807, 2.05) is 5.06 Å². The predicted octanol–water partition coefficient (Wildman–Crippen LogP) is 1.36. The van der Waals surface area contributed by atoms with E-state index < -0.39 is 0 Å². The van der Waals surface area contributed by atoms with Gasteiger partial charge in [-0.1, -0.05) is 6.42 Å². The Labute approximate surface area is 85.1 Å². The highest BCUT2D eigenvalue weighted by molar-refractivity contribution is 6.18. The maximum Gasteiger partial charge on any atom is 0.0700 e. The van der Waals surface area contributed by atoms with Crippen molar-refractivity contribution in [3.8, 4) is 0 Å². The number of rotatable bonds is 5. The van der Waals surface area contributed by atoms with Gasteiger partial charge in [0.15, 0.2) is 0 Å². The van der Waals surface area contributed by atoms with Gasteiger partial charge in [0.1, 0.15) is 0 Å². The fraction of sp³-hybridized carbons (Fsp3) is 1.00. The van der Waals surface area contributed by atoms with E-state index in [-0.39, 0.29) is 6.04 Å². The van der Waals surface area contributed by atoms with Gasteiger partial charge in [0, 0.05) is 25.0 Å². The van der Waals surface area contributed by atoms with Crippen molar-refractivity contribution in [3.05, 3.63) is 0 Å². The lowest BCUT2D eigenvalue weighted by molar-refractivity contribution is -0.169. The van der Waals surface area contributed by atoms with Crippen molar-refractivity contribution in [1.29, 1.82) is 0 Å². The molecule has 1 saturated heterocycles. The summed E-state index contributed by atoms with van der Waals surface area (Å²) in [5.74, 6) is 0.517. The van der Waals surface area contributed by atoms with E-state index in [1.54, 1.807) is 0 Å². The zero-order valence-corrected chi connectivity index (χ0v) is 8.80. The summed E-state index contributed by atoms with van der Waals surface area (Å²) in [7, 11) is 0. The van der Waals surface area contributed by atoms with Crippen molar-refractivity contribution < 1.29 is 4.84 Å². The average Bonchev–Trinajstić information content (AvgIpc) is 2.19. The quantitative estimate of drug-likeness (QED) is 0.691. The number of piperidine rings is 1. The third-order valence-electron chi connectivity index (χ3n) is 2.28.